The van der Waals surface area contributed by atoms with Crippen LogP contribution >= 0.6 is 0 Å². The molecule has 0 rings (SSSR count). The molecule has 0 aliphatic carbocycles. The first-order valence-corrected chi connectivity index (χ1v) is 5.50. The summed E-state index contributed by atoms with van der Waals surface area (Å²) >= 11 is 0. The van der Waals surface area contributed by atoms with Gasteiger partial charge in [0.2, 0.25) is 10.0 Å². The predicted octanol–water partition coefficient (Wildman–Crippen LogP) is -0.0175. The van der Waals surface area contributed by atoms with Crippen molar-refractivity contribution in [1.82, 2.24) is 4.31 Å². The zero-order valence-corrected chi connectivity index (χ0v) is 8.33. The van der Waals surface area contributed by atoms with Gasteiger partial charge in [-0.1, -0.05) is 12.2 Å². The zero-order chi connectivity index (χ0) is 10.3. The van der Waals surface area contributed by atoms with Gasteiger partial charge in [-0.2, -0.15) is 4.31 Å². The first kappa shape index (κ1) is 12.3. The number of sulfonamides is 1. The summed E-state index contributed by atoms with van der Waals surface area (Å²) in [5, 5.41) is 8.63. The van der Waals surface area contributed by atoms with Crippen LogP contribution in [-0.4, -0.2) is 43.3 Å². The van der Waals surface area contributed by atoms with Crippen molar-refractivity contribution in [2.24, 2.45) is 0 Å². The molecule has 0 unspecified atom stereocenters. The van der Waals surface area contributed by atoms with Crippen molar-refractivity contribution in [1.29, 1.82) is 0 Å². The van der Waals surface area contributed by atoms with E-state index in [1.54, 1.807) is 0 Å². The second-order valence-corrected chi connectivity index (χ2v) is 4.45. The summed E-state index contributed by atoms with van der Waals surface area (Å²) in [6.45, 7) is 6.93. The van der Waals surface area contributed by atoms with Gasteiger partial charge in [0.15, 0.2) is 0 Å². The van der Waals surface area contributed by atoms with Crippen molar-refractivity contribution in [3.05, 3.63) is 25.3 Å². The smallest absolute Gasteiger partial charge is 0.218 e. The topological polar surface area (TPSA) is 57.6 Å². The maximum atomic E-state index is 11.4. The Morgan fingerprint density at radius 2 is 1.92 bits per heavy atom. The highest BCUT2D eigenvalue weighted by Gasteiger charge is 2.17. The maximum Gasteiger partial charge on any atom is 0.218 e. The number of rotatable bonds is 7. The molecule has 76 valence electrons. The highest BCUT2D eigenvalue weighted by atomic mass is 32.2. The molecule has 0 aliphatic heterocycles. The van der Waals surface area contributed by atoms with Gasteiger partial charge in [-0.15, -0.1) is 13.2 Å². The van der Waals surface area contributed by atoms with Crippen LogP contribution in [0.3, 0.4) is 0 Å². The zero-order valence-electron chi connectivity index (χ0n) is 7.52. The second kappa shape index (κ2) is 5.90. The molecule has 4 nitrogen and oxygen atoms in total. The third-order valence-electron chi connectivity index (χ3n) is 1.40. The Balaban J connectivity index is 4.50. The molecule has 0 aliphatic rings. The molecule has 0 radical (unpaired) electrons. The van der Waals surface area contributed by atoms with E-state index >= 15 is 0 Å². The predicted molar refractivity (Wildman–Crippen MR) is 52.8 cm³/mol. The second-order valence-electron chi connectivity index (χ2n) is 2.44. The summed E-state index contributed by atoms with van der Waals surface area (Å²) in [4.78, 5) is 0. The van der Waals surface area contributed by atoms with Gasteiger partial charge in [-0.3, -0.25) is 0 Å². The van der Waals surface area contributed by atoms with Crippen LogP contribution in [0.5, 0.6) is 0 Å². The lowest BCUT2D eigenvalue weighted by atomic mass is 10.6. The lowest BCUT2D eigenvalue weighted by Crippen LogP contribution is -2.35. The van der Waals surface area contributed by atoms with Gasteiger partial charge in [0.1, 0.15) is 0 Å². The molecule has 0 saturated carbocycles. The lowest BCUT2D eigenvalue weighted by Gasteiger charge is -2.18. The number of hydrogen-bond donors (Lipinski definition) is 1. The Kier molecular flexibility index (Phi) is 5.61. The molecular formula is C8H15NO3S. The van der Waals surface area contributed by atoms with E-state index in [1.165, 1.54) is 16.5 Å². The highest BCUT2D eigenvalue weighted by molar-refractivity contribution is 7.89. The van der Waals surface area contributed by atoms with Crippen LogP contribution in [-0.2, 0) is 10.0 Å². The third kappa shape index (κ3) is 4.21. The summed E-state index contributed by atoms with van der Waals surface area (Å²) in [5.41, 5.74) is 0. The fourth-order valence-electron chi connectivity index (χ4n) is 0.854. The van der Waals surface area contributed by atoms with Crippen molar-refractivity contribution in [2.75, 3.05) is 25.4 Å². The molecule has 0 spiro atoms. The summed E-state index contributed by atoms with van der Waals surface area (Å²) in [7, 11) is -3.31. The number of aliphatic hydroxyl groups is 1. The molecule has 0 amide bonds. The molecular weight excluding hydrogens is 190 g/mol. The van der Waals surface area contributed by atoms with E-state index in [9.17, 15) is 8.42 Å². The molecule has 0 aromatic carbocycles. The van der Waals surface area contributed by atoms with Gasteiger partial charge in [-0.25, -0.2) is 8.42 Å². The van der Waals surface area contributed by atoms with E-state index in [0.29, 0.717) is 0 Å². The maximum absolute atomic E-state index is 11.4. The van der Waals surface area contributed by atoms with E-state index in [2.05, 4.69) is 13.2 Å². The average Bonchev–Trinajstić information content (AvgIpc) is 2.04. The summed E-state index contributed by atoms with van der Waals surface area (Å²) in [6.07, 6.45) is 2.80. The van der Waals surface area contributed by atoms with Crippen molar-refractivity contribution < 1.29 is 13.5 Å². The number of hydrogen-bond acceptors (Lipinski definition) is 3. The van der Waals surface area contributed by atoms with Gasteiger partial charge in [0, 0.05) is 13.1 Å². The molecule has 0 aromatic rings. The Morgan fingerprint density at radius 1 is 1.31 bits per heavy atom. The van der Waals surface area contributed by atoms with Gasteiger partial charge < -0.3 is 5.11 Å². The van der Waals surface area contributed by atoms with E-state index in [-0.39, 0.29) is 25.4 Å². The Labute approximate surface area is 79.2 Å². The van der Waals surface area contributed by atoms with Gasteiger partial charge >= 0.3 is 0 Å². The molecule has 0 bridgehead atoms. The van der Waals surface area contributed by atoms with Crippen LogP contribution in [0.1, 0.15) is 0 Å². The molecule has 0 saturated heterocycles. The summed E-state index contributed by atoms with van der Waals surface area (Å²) in [5.74, 6) is -0.110. The normalized spacial score (nSPS) is 11.5. The fourth-order valence-corrected chi connectivity index (χ4v) is 2.05. The van der Waals surface area contributed by atoms with E-state index in [0.717, 1.165) is 0 Å². The van der Waals surface area contributed by atoms with Gasteiger partial charge in [0.05, 0.1) is 12.4 Å². The van der Waals surface area contributed by atoms with E-state index < -0.39 is 10.0 Å². The SMILES string of the molecule is C=CCN(CCO)S(=O)(=O)CC=C. The fraction of sp³-hybridized carbons (Fsp3) is 0.500. The Bertz CT molecular complexity index is 259. The van der Waals surface area contributed by atoms with Crippen LogP contribution in [0.2, 0.25) is 0 Å². The quantitative estimate of drug-likeness (QED) is 0.594. The summed E-state index contributed by atoms with van der Waals surface area (Å²) in [6, 6.07) is 0. The summed E-state index contributed by atoms with van der Waals surface area (Å²) < 4.78 is 24.0. The van der Waals surface area contributed by atoms with Crippen LogP contribution in [0.15, 0.2) is 25.3 Å². The minimum absolute atomic E-state index is 0.0994. The monoisotopic (exact) mass is 205 g/mol. The van der Waals surface area contributed by atoms with Crippen molar-refractivity contribution in [3.8, 4) is 0 Å². The third-order valence-corrected chi connectivity index (χ3v) is 3.18. The molecule has 5 heteroatoms. The average molecular weight is 205 g/mol. The number of nitrogens with zero attached hydrogens (tertiary/aromatic N) is 1. The minimum atomic E-state index is -3.31. The first-order valence-electron chi connectivity index (χ1n) is 3.89. The van der Waals surface area contributed by atoms with E-state index in [1.807, 2.05) is 0 Å². The standard InChI is InChI=1S/C8H15NO3S/c1-3-5-9(6-7-10)13(11,12)8-4-2/h3-4,10H,1-2,5-8H2. The molecule has 0 fully saturated rings. The van der Waals surface area contributed by atoms with E-state index in [4.69, 9.17) is 5.11 Å². The molecule has 0 heterocycles. The van der Waals surface area contributed by atoms with Crippen molar-refractivity contribution in [2.45, 2.75) is 0 Å². The minimum Gasteiger partial charge on any atom is -0.395 e. The largest absolute Gasteiger partial charge is 0.395 e. The highest BCUT2D eigenvalue weighted by Crippen LogP contribution is 2.01. The van der Waals surface area contributed by atoms with Crippen LogP contribution in [0.25, 0.3) is 0 Å². The van der Waals surface area contributed by atoms with Gasteiger partial charge in [0.25, 0.3) is 0 Å². The van der Waals surface area contributed by atoms with Gasteiger partial charge in [-0.05, 0) is 0 Å². The number of aliphatic hydroxyl groups excluding tert-OH is 1. The first-order chi connectivity index (χ1) is 6.08. The van der Waals surface area contributed by atoms with Crippen molar-refractivity contribution >= 4 is 10.0 Å². The molecule has 0 aromatic heterocycles. The lowest BCUT2D eigenvalue weighted by molar-refractivity contribution is 0.260. The van der Waals surface area contributed by atoms with Crippen LogP contribution in [0.4, 0.5) is 0 Å². The molecule has 13 heavy (non-hydrogen) atoms. The molecule has 1 N–H and O–H groups in total. The van der Waals surface area contributed by atoms with Crippen LogP contribution < -0.4 is 0 Å². The Morgan fingerprint density at radius 3 is 2.31 bits per heavy atom. The Hall–Kier alpha value is -0.650. The molecule has 0 atom stereocenters. The van der Waals surface area contributed by atoms with Crippen LogP contribution in [0, 0.1) is 0 Å². The van der Waals surface area contributed by atoms with Crippen molar-refractivity contribution in [3.63, 3.8) is 0 Å².